The van der Waals surface area contributed by atoms with Gasteiger partial charge >= 0.3 is 0 Å². The molecule has 102 valence electrons. The van der Waals surface area contributed by atoms with Gasteiger partial charge in [0, 0.05) is 12.1 Å². The Balaban J connectivity index is 2.21. The van der Waals surface area contributed by atoms with Gasteiger partial charge in [-0.2, -0.15) is 0 Å². The lowest BCUT2D eigenvalue weighted by molar-refractivity contribution is 0.269. The van der Waals surface area contributed by atoms with E-state index in [9.17, 15) is 0 Å². The van der Waals surface area contributed by atoms with Crippen LogP contribution in [0.3, 0.4) is 0 Å². The van der Waals surface area contributed by atoms with Gasteiger partial charge in [-0.05, 0) is 40.5 Å². The number of aromatic nitrogens is 1. The van der Waals surface area contributed by atoms with Crippen molar-refractivity contribution in [1.29, 1.82) is 0 Å². The van der Waals surface area contributed by atoms with Crippen molar-refractivity contribution in [2.45, 2.75) is 19.4 Å². The maximum Gasteiger partial charge on any atom is 0.175 e. The Kier molecular flexibility index (Phi) is 5.48. The van der Waals surface area contributed by atoms with Crippen LogP contribution in [0.2, 0.25) is 0 Å². The van der Waals surface area contributed by atoms with Crippen molar-refractivity contribution < 1.29 is 9.47 Å². The molecule has 0 aliphatic carbocycles. The Labute approximate surface area is 129 Å². The number of ether oxygens (including phenoxy) is 2. The second kappa shape index (κ2) is 7.12. The SMILES string of the molecule is CCOc1cc(CCl)cc(Br)c1OCc1cncs1. The summed E-state index contributed by atoms with van der Waals surface area (Å²) in [4.78, 5) is 5.09. The van der Waals surface area contributed by atoms with Crippen molar-refractivity contribution in [3.05, 3.63) is 38.8 Å². The van der Waals surface area contributed by atoms with Crippen LogP contribution in [-0.2, 0) is 12.5 Å². The van der Waals surface area contributed by atoms with E-state index >= 15 is 0 Å². The van der Waals surface area contributed by atoms with Crippen LogP contribution in [0.1, 0.15) is 17.4 Å². The third-order valence-electron chi connectivity index (χ3n) is 2.37. The fourth-order valence-electron chi connectivity index (χ4n) is 1.56. The van der Waals surface area contributed by atoms with E-state index in [4.69, 9.17) is 21.1 Å². The molecule has 0 spiro atoms. The van der Waals surface area contributed by atoms with E-state index in [1.165, 1.54) is 0 Å². The molecule has 0 amide bonds. The zero-order valence-corrected chi connectivity index (χ0v) is 13.5. The van der Waals surface area contributed by atoms with Crippen LogP contribution < -0.4 is 9.47 Å². The third-order valence-corrected chi connectivity index (χ3v) is 4.02. The average Bonchev–Trinajstić information content (AvgIpc) is 2.91. The van der Waals surface area contributed by atoms with Crippen molar-refractivity contribution in [3.8, 4) is 11.5 Å². The number of thiazole rings is 1. The summed E-state index contributed by atoms with van der Waals surface area (Å²) in [5, 5.41) is 0. The van der Waals surface area contributed by atoms with Gasteiger partial charge in [-0.1, -0.05) is 0 Å². The van der Waals surface area contributed by atoms with Gasteiger partial charge in [-0.25, -0.2) is 0 Å². The molecule has 1 aromatic heterocycles. The molecule has 0 N–H and O–H groups in total. The first-order valence-electron chi connectivity index (χ1n) is 5.76. The van der Waals surface area contributed by atoms with Gasteiger partial charge in [-0.3, -0.25) is 4.98 Å². The minimum atomic E-state index is 0.438. The molecule has 0 saturated heterocycles. The van der Waals surface area contributed by atoms with Gasteiger partial charge in [-0.15, -0.1) is 22.9 Å². The number of benzene rings is 1. The van der Waals surface area contributed by atoms with Crippen molar-refractivity contribution in [2.24, 2.45) is 0 Å². The first kappa shape index (κ1) is 14.6. The zero-order valence-electron chi connectivity index (χ0n) is 10.4. The van der Waals surface area contributed by atoms with E-state index in [-0.39, 0.29) is 0 Å². The number of rotatable bonds is 6. The molecular formula is C13H13BrClNO2S. The Morgan fingerprint density at radius 2 is 2.21 bits per heavy atom. The number of hydrogen-bond donors (Lipinski definition) is 0. The molecule has 2 rings (SSSR count). The monoisotopic (exact) mass is 361 g/mol. The van der Waals surface area contributed by atoms with E-state index in [1.54, 1.807) is 23.0 Å². The van der Waals surface area contributed by atoms with Crippen molar-refractivity contribution in [2.75, 3.05) is 6.61 Å². The minimum Gasteiger partial charge on any atom is -0.490 e. The summed E-state index contributed by atoms with van der Waals surface area (Å²) in [5.41, 5.74) is 2.77. The van der Waals surface area contributed by atoms with Crippen LogP contribution >= 0.6 is 38.9 Å². The summed E-state index contributed by atoms with van der Waals surface area (Å²) in [6, 6.07) is 3.85. The molecule has 1 heterocycles. The lowest BCUT2D eigenvalue weighted by Gasteiger charge is -2.14. The van der Waals surface area contributed by atoms with E-state index < -0.39 is 0 Å². The second-order valence-corrected chi connectivity index (χ2v) is 5.82. The molecule has 6 heteroatoms. The highest BCUT2D eigenvalue weighted by molar-refractivity contribution is 9.10. The van der Waals surface area contributed by atoms with Crippen LogP contribution in [-0.4, -0.2) is 11.6 Å². The third kappa shape index (κ3) is 3.84. The maximum atomic E-state index is 5.86. The molecule has 0 bridgehead atoms. The summed E-state index contributed by atoms with van der Waals surface area (Å²) in [7, 11) is 0. The fraction of sp³-hybridized carbons (Fsp3) is 0.308. The molecule has 0 saturated carbocycles. The summed E-state index contributed by atoms with van der Waals surface area (Å²) < 4.78 is 12.3. The van der Waals surface area contributed by atoms with Gasteiger partial charge < -0.3 is 9.47 Å². The molecular weight excluding hydrogens is 350 g/mol. The molecule has 19 heavy (non-hydrogen) atoms. The quantitative estimate of drug-likeness (QED) is 0.703. The zero-order chi connectivity index (χ0) is 13.7. The van der Waals surface area contributed by atoms with Crippen LogP contribution in [0.25, 0.3) is 0 Å². The molecule has 0 aliphatic rings. The first-order chi connectivity index (χ1) is 9.24. The Hall–Kier alpha value is -0.780. The highest BCUT2D eigenvalue weighted by Gasteiger charge is 2.12. The second-order valence-electron chi connectivity index (χ2n) is 3.73. The summed E-state index contributed by atoms with van der Waals surface area (Å²) in [6.07, 6.45) is 1.80. The summed E-state index contributed by atoms with van der Waals surface area (Å²) in [5.74, 6) is 1.84. The molecule has 3 nitrogen and oxygen atoms in total. The normalized spacial score (nSPS) is 10.5. The Morgan fingerprint density at radius 3 is 2.84 bits per heavy atom. The number of nitrogens with zero attached hydrogens (tertiary/aromatic N) is 1. The topological polar surface area (TPSA) is 31.4 Å². The van der Waals surface area contributed by atoms with Gasteiger partial charge in [0.15, 0.2) is 11.5 Å². The molecule has 0 unspecified atom stereocenters. The highest BCUT2D eigenvalue weighted by Crippen LogP contribution is 2.38. The van der Waals surface area contributed by atoms with Crippen LogP contribution in [0.4, 0.5) is 0 Å². The molecule has 0 fully saturated rings. The molecule has 0 aliphatic heterocycles. The average molecular weight is 363 g/mol. The minimum absolute atomic E-state index is 0.438. The highest BCUT2D eigenvalue weighted by atomic mass is 79.9. The standard InChI is InChI=1S/C13H13BrClNO2S/c1-2-17-12-4-9(5-15)3-11(14)13(12)18-7-10-6-16-8-19-10/h3-4,6,8H,2,5,7H2,1H3. The largest absolute Gasteiger partial charge is 0.490 e. The fourth-order valence-corrected chi connectivity index (χ4v) is 2.82. The van der Waals surface area contributed by atoms with Gasteiger partial charge in [0.1, 0.15) is 6.61 Å². The predicted molar refractivity (Wildman–Crippen MR) is 81.3 cm³/mol. The maximum absolute atomic E-state index is 5.86. The molecule has 1 aromatic carbocycles. The van der Waals surface area contributed by atoms with Crippen LogP contribution in [0.5, 0.6) is 11.5 Å². The van der Waals surface area contributed by atoms with Crippen molar-refractivity contribution >= 4 is 38.9 Å². The van der Waals surface area contributed by atoms with Gasteiger partial charge in [0.2, 0.25) is 0 Å². The van der Waals surface area contributed by atoms with Crippen molar-refractivity contribution in [1.82, 2.24) is 4.98 Å². The first-order valence-corrected chi connectivity index (χ1v) is 7.96. The molecule has 2 aromatic rings. The van der Waals surface area contributed by atoms with Gasteiger partial charge in [0.25, 0.3) is 0 Å². The van der Waals surface area contributed by atoms with Crippen molar-refractivity contribution in [3.63, 3.8) is 0 Å². The van der Waals surface area contributed by atoms with E-state index in [1.807, 2.05) is 19.1 Å². The predicted octanol–water partition coefficient (Wildman–Crippen LogP) is 4.62. The Bertz CT molecular complexity index is 534. The van der Waals surface area contributed by atoms with E-state index in [0.29, 0.717) is 30.6 Å². The van der Waals surface area contributed by atoms with E-state index in [2.05, 4.69) is 20.9 Å². The molecule has 0 atom stereocenters. The lowest BCUT2D eigenvalue weighted by atomic mass is 10.2. The number of alkyl halides is 1. The number of halogens is 2. The Morgan fingerprint density at radius 1 is 1.37 bits per heavy atom. The summed E-state index contributed by atoms with van der Waals surface area (Å²) in [6.45, 7) is 2.99. The van der Waals surface area contributed by atoms with Crippen LogP contribution in [0.15, 0.2) is 28.3 Å². The summed E-state index contributed by atoms with van der Waals surface area (Å²) >= 11 is 10.9. The van der Waals surface area contributed by atoms with E-state index in [0.717, 1.165) is 14.9 Å². The van der Waals surface area contributed by atoms with Crippen LogP contribution in [0, 0.1) is 0 Å². The van der Waals surface area contributed by atoms with Gasteiger partial charge in [0.05, 0.1) is 21.5 Å². The lowest BCUT2D eigenvalue weighted by Crippen LogP contribution is -2.00. The molecule has 0 radical (unpaired) electrons. The number of hydrogen-bond acceptors (Lipinski definition) is 4. The smallest absolute Gasteiger partial charge is 0.175 e.